The standard InChI is InChI=1S/C44H39ClN2O7/c1-4-25-13-16-29(17-14-25)46-40(49)32-19-18-31-33(38(32)42(46)51)24-35-41(50)47(30-12-8-11-28(45)23-30)43(52)44(35,27-9-6-5-7-10-27)34(31)20-15-26-21-36(53-2)39(48)37(22-26)54-3/h5-18,20-23,32-35,38,48H,4,19,24H2,1-3H3. The summed E-state index contributed by atoms with van der Waals surface area (Å²) in [5.41, 5.74) is 2.70. The molecule has 0 radical (unpaired) electrons. The molecule has 4 aromatic rings. The molecule has 54 heavy (non-hydrogen) atoms. The summed E-state index contributed by atoms with van der Waals surface area (Å²) in [7, 11) is 2.89. The predicted octanol–water partition coefficient (Wildman–Crippen LogP) is 7.54. The van der Waals surface area contributed by atoms with Gasteiger partial charge in [0.05, 0.1) is 48.8 Å². The number of rotatable bonds is 8. The Balaban J connectivity index is 1.32. The van der Waals surface area contributed by atoms with Gasteiger partial charge in [0.25, 0.3) is 0 Å². The first-order chi connectivity index (χ1) is 26.1. The molecule has 274 valence electrons. The van der Waals surface area contributed by atoms with Gasteiger partial charge in [0.2, 0.25) is 29.4 Å². The first-order valence-electron chi connectivity index (χ1n) is 18.1. The maximum absolute atomic E-state index is 15.4. The number of phenolic OH excluding ortho intramolecular Hbond substituents is 1. The number of amides is 4. The van der Waals surface area contributed by atoms with Crippen LogP contribution >= 0.6 is 11.6 Å². The lowest BCUT2D eigenvalue weighted by molar-refractivity contribution is -0.128. The largest absolute Gasteiger partial charge is 0.502 e. The van der Waals surface area contributed by atoms with Crippen molar-refractivity contribution in [3.63, 3.8) is 0 Å². The average Bonchev–Trinajstić information content (AvgIpc) is 3.58. The average molecular weight is 743 g/mol. The number of benzene rings is 4. The van der Waals surface area contributed by atoms with Crippen molar-refractivity contribution in [2.45, 2.75) is 31.6 Å². The predicted molar refractivity (Wildman–Crippen MR) is 205 cm³/mol. The van der Waals surface area contributed by atoms with Crippen molar-refractivity contribution in [3.05, 3.63) is 130 Å². The molecule has 6 atom stereocenters. The zero-order valence-electron chi connectivity index (χ0n) is 30.1. The number of hydrogen-bond donors (Lipinski definition) is 1. The van der Waals surface area contributed by atoms with Crippen LogP contribution < -0.4 is 19.3 Å². The second kappa shape index (κ2) is 13.6. The number of carbonyl (C=O) groups is 4. The van der Waals surface area contributed by atoms with E-state index < -0.39 is 40.9 Å². The highest BCUT2D eigenvalue weighted by molar-refractivity contribution is 6.32. The maximum Gasteiger partial charge on any atom is 0.246 e. The van der Waals surface area contributed by atoms with E-state index in [1.165, 1.54) is 24.0 Å². The second-order valence-electron chi connectivity index (χ2n) is 14.3. The molecule has 2 heterocycles. The topological polar surface area (TPSA) is 113 Å². The highest BCUT2D eigenvalue weighted by Gasteiger charge is 2.69. The Labute approximate surface area is 318 Å². The Morgan fingerprint density at radius 1 is 0.815 bits per heavy atom. The van der Waals surface area contributed by atoms with Crippen LogP contribution in [0.4, 0.5) is 11.4 Å². The number of anilines is 2. The van der Waals surface area contributed by atoms with Gasteiger partial charge in [-0.3, -0.25) is 24.1 Å². The van der Waals surface area contributed by atoms with E-state index in [0.717, 1.165) is 17.6 Å². The molecule has 6 unspecified atom stereocenters. The third-order valence-corrected chi connectivity index (χ3v) is 12.0. The van der Waals surface area contributed by atoms with Gasteiger partial charge in [-0.05, 0) is 84.3 Å². The van der Waals surface area contributed by atoms with Gasteiger partial charge < -0.3 is 14.6 Å². The second-order valence-corrected chi connectivity index (χ2v) is 14.7. The fourth-order valence-electron chi connectivity index (χ4n) is 9.34. The van der Waals surface area contributed by atoms with E-state index in [0.29, 0.717) is 33.9 Å². The van der Waals surface area contributed by atoms with Crippen LogP contribution in [-0.4, -0.2) is 43.0 Å². The van der Waals surface area contributed by atoms with Crippen LogP contribution in [0.25, 0.3) is 6.08 Å². The number of aromatic hydroxyl groups is 1. The molecule has 4 amide bonds. The van der Waals surface area contributed by atoms with Crippen molar-refractivity contribution in [1.82, 2.24) is 0 Å². The molecular formula is C44H39ClN2O7. The fraction of sp³-hybridized carbons (Fsp3) is 0.273. The van der Waals surface area contributed by atoms with Crippen LogP contribution in [0.3, 0.4) is 0 Å². The van der Waals surface area contributed by atoms with E-state index in [4.69, 9.17) is 21.1 Å². The van der Waals surface area contributed by atoms with Gasteiger partial charge >= 0.3 is 0 Å². The number of imide groups is 2. The van der Waals surface area contributed by atoms with Gasteiger partial charge in [0, 0.05) is 10.9 Å². The first-order valence-corrected chi connectivity index (χ1v) is 18.5. The SMILES string of the molecule is CCc1ccc(N2C(=O)C3CC=C4C(CC5C(=O)N(c6cccc(Cl)c6)C(=O)C5(c5ccccc5)C4C=Cc4cc(OC)c(O)c(OC)c4)C3C2=O)cc1. The Morgan fingerprint density at radius 3 is 2.17 bits per heavy atom. The summed E-state index contributed by atoms with van der Waals surface area (Å²) in [6.45, 7) is 2.05. The van der Waals surface area contributed by atoms with Crippen molar-refractivity contribution in [2.75, 3.05) is 24.0 Å². The van der Waals surface area contributed by atoms with Crippen LogP contribution in [0.2, 0.25) is 5.02 Å². The fourth-order valence-corrected chi connectivity index (χ4v) is 9.53. The van der Waals surface area contributed by atoms with Crippen LogP contribution in [0.5, 0.6) is 17.2 Å². The van der Waals surface area contributed by atoms with E-state index in [1.807, 2.05) is 79.7 Å². The van der Waals surface area contributed by atoms with Crippen molar-refractivity contribution in [3.8, 4) is 17.2 Å². The van der Waals surface area contributed by atoms with Crippen molar-refractivity contribution >= 4 is 52.7 Å². The molecule has 2 saturated heterocycles. The van der Waals surface area contributed by atoms with Crippen LogP contribution in [-0.2, 0) is 31.0 Å². The minimum atomic E-state index is -1.40. The van der Waals surface area contributed by atoms with Crippen LogP contribution in [0.15, 0.2) is 109 Å². The molecule has 10 heteroatoms. The quantitative estimate of drug-likeness (QED) is 0.147. The molecule has 4 aliphatic rings. The molecule has 3 fully saturated rings. The Bertz CT molecular complexity index is 2230. The van der Waals surface area contributed by atoms with Crippen LogP contribution in [0, 0.1) is 29.6 Å². The molecular weight excluding hydrogens is 704 g/mol. The van der Waals surface area contributed by atoms with E-state index >= 15 is 4.79 Å². The molecule has 4 aromatic carbocycles. The molecule has 1 N–H and O–H groups in total. The number of fused-ring (bicyclic) bond motifs is 4. The summed E-state index contributed by atoms with van der Waals surface area (Å²) in [6, 6.07) is 26.8. The minimum absolute atomic E-state index is 0.149. The van der Waals surface area contributed by atoms with Gasteiger partial charge in [0.1, 0.15) is 0 Å². The molecule has 2 aliphatic carbocycles. The third-order valence-electron chi connectivity index (χ3n) is 11.8. The summed E-state index contributed by atoms with van der Waals surface area (Å²) >= 11 is 6.42. The number of phenols is 1. The lowest BCUT2D eigenvalue weighted by Gasteiger charge is -2.49. The molecule has 0 bridgehead atoms. The number of nitrogens with zero attached hydrogens (tertiary/aromatic N) is 2. The summed E-state index contributed by atoms with van der Waals surface area (Å²) in [5.74, 6) is -4.50. The van der Waals surface area contributed by atoms with E-state index in [-0.39, 0.29) is 41.4 Å². The van der Waals surface area contributed by atoms with Crippen molar-refractivity contribution < 1.29 is 33.8 Å². The number of aryl methyl sites for hydroxylation is 1. The smallest absolute Gasteiger partial charge is 0.246 e. The van der Waals surface area contributed by atoms with Gasteiger partial charge in [-0.15, -0.1) is 0 Å². The zero-order chi connectivity index (χ0) is 37.9. The summed E-state index contributed by atoms with van der Waals surface area (Å²) in [4.78, 5) is 61.5. The molecule has 9 nitrogen and oxygen atoms in total. The van der Waals surface area contributed by atoms with Gasteiger partial charge in [-0.25, -0.2) is 4.90 Å². The molecule has 0 spiro atoms. The molecule has 2 aliphatic heterocycles. The highest BCUT2D eigenvalue weighted by atomic mass is 35.5. The van der Waals surface area contributed by atoms with E-state index in [2.05, 4.69) is 0 Å². The summed E-state index contributed by atoms with van der Waals surface area (Å²) in [5, 5.41) is 11.0. The summed E-state index contributed by atoms with van der Waals surface area (Å²) < 4.78 is 10.9. The maximum atomic E-state index is 15.4. The number of ether oxygens (including phenoxy) is 2. The highest BCUT2D eigenvalue weighted by Crippen LogP contribution is 2.62. The monoisotopic (exact) mass is 742 g/mol. The van der Waals surface area contributed by atoms with Crippen molar-refractivity contribution in [1.29, 1.82) is 0 Å². The van der Waals surface area contributed by atoms with E-state index in [1.54, 1.807) is 36.4 Å². The van der Waals surface area contributed by atoms with Crippen molar-refractivity contribution in [2.24, 2.45) is 29.6 Å². The number of carbonyl (C=O) groups excluding carboxylic acids is 4. The molecule has 0 aromatic heterocycles. The number of hydrogen-bond acceptors (Lipinski definition) is 7. The molecule has 8 rings (SSSR count). The Kier molecular flexibility index (Phi) is 8.93. The Hall–Kier alpha value is -5.67. The zero-order valence-corrected chi connectivity index (χ0v) is 30.8. The van der Waals surface area contributed by atoms with Crippen LogP contribution in [0.1, 0.15) is 36.5 Å². The third kappa shape index (κ3) is 5.28. The van der Waals surface area contributed by atoms with Gasteiger partial charge in [-0.1, -0.05) is 90.9 Å². The first kappa shape index (κ1) is 35.4. The normalized spacial score (nSPS) is 26.1. The minimum Gasteiger partial charge on any atom is -0.502 e. The van der Waals surface area contributed by atoms with E-state index in [9.17, 15) is 19.5 Å². The van der Waals surface area contributed by atoms with Gasteiger partial charge in [0.15, 0.2) is 11.5 Å². The number of halogens is 1. The molecule has 1 saturated carbocycles. The summed E-state index contributed by atoms with van der Waals surface area (Å²) in [6.07, 6.45) is 7.09. The lowest BCUT2D eigenvalue weighted by atomic mass is 9.50. The Morgan fingerprint density at radius 2 is 1.52 bits per heavy atom. The lowest BCUT2D eigenvalue weighted by Crippen LogP contribution is -2.54. The number of allylic oxidation sites excluding steroid dienone is 3. The van der Waals surface area contributed by atoms with Gasteiger partial charge in [-0.2, -0.15) is 0 Å². The number of methoxy groups -OCH3 is 2.